The van der Waals surface area contributed by atoms with Crippen molar-refractivity contribution < 1.29 is 14.3 Å². The second-order valence-corrected chi connectivity index (χ2v) is 5.66. The van der Waals surface area contributed by atoms with Crippen LogP contribution in [0.3, 0.4) is 0 Å². The number of hydrogen-bond donors (Lipinski definition) is 2. The van der Waals surface area contributed by atoms with Crippen molar-refractivity contribution in [1.29, 1.82) is 0 Å². The molecule has 26 heavy (non-hydrogen) atoms. The summed E-state index contributed by atoms with van der Waals surface area (Å²) >= 11 is 6.01. The molecular weight excluding hydrogens is 358 g/mol. The van der Waals surface area contributed by atoms with Crippen LogP contribution >= 0.6 is 11.6 Å². The predicted octanol–water partition coefficient (Wildman–Crippen LogP) is 2.04. The molecule has 0 spiro atoms. The number of benzene rings is 2. The number of hydrogen-bond acceptors (Lipinski definition) is 5. The minimum absolute atomic E-state index is 0.223. The van der Waals surface area contributed by atoms with Crippen LogP contribution in [-0.2, 0) is 4.79 Å². The highest BCUT2D eigenvalue weighted by atomic mass is 35.5. The number of carbonyl (C=O) groups excluding carboxylic acids is 2. The topological polar surface area (TPSA) is 112 Å². The Hall–Kier alpha value is -3.39. The molecule has 3 rings (SSSR count). The summed E-state index contributed by atoms with van der Waals surface area (Å²) in [5.74, 6) is -0.476. The van der Waals surface area contributed by atoms with Gasteiger partial charge in [0.1, 0.15) is 18.4 Å². The van der Waals surface area contributed by atoms with Crippen molar-refractivity contribution in [3.63, 3.8) is 0 Å². The van der Waals surface area contributed by atoms with Crippen molar-refractivity contribution >= 4 is 29.1 Å². The van der Waals surface area contributed by atoms with Gasteiger partial charge in [0.25, 0.3) is 5.91 Å². The first-order valence-electron chi connectivity index (χ1n) is 7.50. The van der Waals surface area contributed by atoms with Crippen LogP contribution in [0.1, 0.15) is 10.4 Å². The fraction of sp³-hybridized carbons (Fsp3) is 0.0588. The normalized spacial score (nSPS) is 10.3. The number of halogens is 1. The lowest BCUT2D eigenvalue weighted by Crippen LogP contribution is -2.21. The average molecular weight is 372 g/mol. The van der Waals surface area contributed by atoms with E-state index in [1.54, 1.807) is 30.3 Å². The highest BCUT2D eigenvalue weighted by Gasteiger charge is 2.11. The van der Waals surface area contributed by atoms with Gasteiger partial charge in [-0.2, -0.15) is 5.10 Å². The number of aromatic nitrogens is 3. The summed E-state index contributed by atoms with van der Waals surface area (Å²) in [5.41, 5.74) is 6.62. The number of carbonyl (C=O) groups is 2. The molecule has 1 aromatic heterocycles. The zero-order chi connectivity index (χ0) is 18.5. The van der Waals surface area contributed by atoms with E-state index in [1.807, 2.05) is 0 Å². The van der Waals surface area contributed by atoms with Gasteiger partial charge in [-0.1, -0.05) is 11.6 Å². The van der Waals surface area contributed by atoms with Crippen molar-refractivity contribution in [3.8, 4) is 11.4 Å². The Balaban J connectivity index is 1.67. The third-order valence-electron chi connectivity index (χ3n) is 3.41. The maximum absolute atomic E-state index is 12.2. The van der Waals surface area contributed by atoms with Crippen LogP contribution in [0.4, 0.5) is 5.69 Å². The molecule has 0 radical (unpaired) electrons. The summed E-state index contributed by atoms with van der Waals surface area (Å²) in [4.78, 5) is 27.1. The Kier molecular flexibility index (Phi) is 5.14. The standard InChI is InChI=1S/C17H14ClN5O3/c18-12-3-6-15(23-10-20-9-21-23)14(7-12)22-16(24)8-26-13-4-1-11(2-5-13)17(19)25/h1-7,9-10H,8H2,(H2,19,25)(H,22,24). The lowest BCUT2D eigenvalue weighted by molar-refractivity contribution is -0.118. The number of nitrogens with zero attached hydrogens (tertiary/aromatic N) is 3. The molecule has 8 nitrogen and oxygen atoms in total. The fourth-order valence-electron chi connectivity index (χ4n) is 2.19. The number of amides is 2. The smallest absolute Gasteiger partial charge is 0.262 e. The monoisotopic (exact) mass is 371 g/mol. The van der Waals surface area contributed by atoms with Gasteiger partial charge < -0.3 is 15.8 Å². The van der Waals surface area contributed by atoms with Crippen LogP contribution in [0, 0.1) is 0 Å². The molecular formula is C17H14ClN5O3. The summed E-state index contributed by atoms with van der Waals surface area (Å²) in [7, 11) is 0. The second-order valence-electron chi connectivity index (χ2n) is 5.23. The molecule has 0 aliphatic heterocycles. The second kappa shape index (κ2) is 7.66. The maximum Gasteiger partial charge on any atom is 0.262 e. The molecule has 0 atom stereocenters. The van der Waals surface area contributed by atoms with E-state index in [9.17, 15) is 9.59 Å². The summed E-state index contributed by atoms with van der Waals surface area (Å²) in [6.45, 7) is -0.223. The van der Waals surface area contributed by atoms with Crippen molar-refractivity contribution in [2.24, 2.45) is 5.73 Å². The quantitative estimate of drug-likeness (QED) is 0.688. The van der Waals surface area contributed by atoms with Gasteiger partial charge in [0.15, 0.2) is 6.61 Å². The van der Waals surface area contributed by atoms with Gasteiger partial charge in [0.2, 0.25) is 5.91 Å². The van der Waals surface area contributed by atoms with Crippen molar-refractivity contribution in [3.05, 3.63) is 65.7 Å². The van der Waals surface area contributed by atoms with Gasteiger partial charge >= 0.3 is 0 Å². The zero-order valence-corrected chi connectivity index (χ0v) is 14.2. The molecule has 2 aromatic carbocycles. The first-order chi connectivity index (χ1) is 12.5. The zero-order valence-electron chi connectivity index (χ0n) is 13.4. The molecule has 0 unspecified atom stereocenters. The summed E-state index contributed by atoms with van der Waals surface area (Å²) in [5, 5.41) is 7.24. The number of anilines is 1. The molecule has 3 aromatic rings. The van der Waals surface area contributed by atoms with Crippen molar-refractivity contribution in [2.45, 2.75) is 0 Å². The Bertz CT molecular complexity index is 926. The van der Waals surface area contributed by atoms with Crippen LogP contribution in [0.5, 0.6) is 5.75 Å². The highest BCUT2D eigenvalue weighted by molar-refractivity contribution is 6.31. The van der Waals surface area contributed by atoms with Crippen LogP contribution in [0.2, 0.25) is 5.02 Å². The van der Waals surface area contributed by atoms with E-state index in [1.165, 1.54) is 29.5 Å². The summed E-state index contributed by atoms with van der Waals surface area (Å²) in [6, 6.07) is 11.2. The molecule has 0 saturated heterocycles. The summed E-state index contributed by atoms with van der Waals surface area (Å²) < 4.78 is 6.91. The van der Waals surface area contributed by atoms with E-state index in [-0.39, 0.29) is 12.5 Å². The third kappa shape index (κ3) is 4.17. The largest absolute Gasteiger partial charge is 0.484 e. The molecule has 0 fully saturated rings. The SMILES string of the molecule is NC(=O)c1ccc(OCC(=O)Nc2cc(Cl)ccc2-n2cncn2)cc1. The Morgan fingerprint density at radius 3 is 2.62 bits per heavy atom. The highest BCUT2D eigenvalue weighted by Crippen LogP contribution is 2.24. The molecule has 1 heterocycles. The molecule has 0 saturated carbocycles. The van der Waals surface area contributed by atoms with Crippen molar-refractivity contribution in [2.75, 3.05) is 11.9 Å². The fourth-order valence-corrected chi connectivity index (χ4v) is 2.36. The van der Waals surface area contributed by atoms with Gasteiger partial charge in [-0.05, 0) is 42.5 Å². The first kappa shape index (κ1) is 17.4. The molecule has 3 N–H and O–H groups in total. The van der Waals surface area contributed by atoms with E-state index >= 15 is 0 Å². The number of primary amides is 1. The summed E-state index contributed by atoms with van der Waals surface area (Å²) in [6.07, 6.45) is 2.90. The molecule has 132 valence electrons. The predicted molar refractivity (Wildman–Crippen MR) is 95.5 cm³/mol. The van der Waals surface area contributed by atoms with E-state index in [2.05, 4.69) is 15.4 Å². The lowest BCUT2D eigenvalue weighted by atomic mass is 10.2. The van der Waals surface area contributed by atoms with E-state index in [0.29, 0.717) is 27.7 Å². The van der Waals surface area contributed by atoms with Gasteiger partial charge in [0, 0.05) is 10.6 Å². The van der Waals surface area contributed by atoms with Crippen LogP contribution in [-0.4, -0.2) is 33.2 Å². The van der Waals surface area contributed by atoms with E-state index in [0.717, 1.165) is 0 Å². The third-order valence-corrected chi connectivity index (χ3v) is 3.64. The molecule has 0 aliphatic rings. The molecule has 2 amide bonds. The molecule has 0 bridgehead atoms. The molecule has 9 heteroatoms. The Morgan fingerprint density at radius 2 is 1.96 bits per heavy atom. The number of nitrogens with two attached hydrogens (primary N) is 1. The maximum atomic E-state index is 12.2. The van der Waals surface area contributed by atoms with Crippen LogP contribution < -0.4 is 15.8 Å². The van der Waals surface area contributed by atoms with E-state index < -0.39 is 5.91 Å². The lowest BCUT2D eigenvalue weighted by Gasteiger charge is -2.12. The number of ether oxygens (including phenoxy) is 1. The minimum atomic E-state index is -0.532. The van der Waals surface area contributed by atoms with Gasteiger partial charge in [-0.15, -0.1) is 0 Å². The Morgan fingerprint density at radius 1 is 1.19 bits per heavy atom. The van der Waals surface area contributed by atoms with Crippen LogP contribution in [0.15, 0.2) is 55.1 Å². The van der Waals surface area contributed by atoms with Gasteiger partial charge in [-0.25, -0.2) is 9.67 Å². The van der Waals surface area contributed by atoms with E-state index in [4.69, 9.17) is 22.1 Å². The first-order valence-corrected chi connectivity index (χ1v) is 7.88. The van der Waals surface area contributed by atoms with Gasteiger partial charge in [-0.3, -0.25) is 9.59 Å². The van der Waals surface area contributed by atoms with Gasteiger partial charge in [0.05, 0.1) is 11.4 Å². The minimum Gasteiger partial charge on any atom is -0.484 e. The number of nitrogens with one attached hydrogen (secondary N) is 1. The van der Waals surface area contributed by atoms with Crippen molar-refractivity contribution in [1.82, 2.24) is 14.8 Å². The average Bonchev–Trinajstić information content (AvgIpc) is 3.15. The van der Waals surface area contributed by atoms with Crippen LogP contribution in [0.25, 0.3) is 5.69 Å². The molecule has 0 aliphatic carbocycles. The Labute approximate surface area is 153 Å². The number of rotatable bonds is 6.